The smallest absolute Gasteiger partial charge is 0.274 e. The monoisotopic (exact) mass is 358 g/mol. The fourth-order valence-corrected chi connectivity index (χ4v) is 4.25. The molecule has 0 bridgehead atoms. The molecular weight excluding hydrogens is 332 g/mol. The number of hydrogen-bond donors (Lipinski definition) is 0. The zero-order valence-corrected chi connectivity index (χ0v) is 16.1. The van der Waals surface area contributed by atoms with Crippen LogP contribution in [0.2, 0.25) is 0 Å². The molecule has 0 fully saturated rings. The van der Waals surface area contributed by atoms with Gasteiger partial charge in [0.25, 0.3) is 5.91 Å². The molecule has 1 amide bonds. The van der Waals surface area contributed by atoms with Crippen LogP contribution in [0, 0.1) is 0 Å². The lowest BCUT2D eigenvalue weighted by atomic mass is 9.90. The van der Waals surface area contributed by atoms with Crippen molar-refractivity contribution < 1.29 is 4.79 Å². The van der Waals surface area contributed by atoms with Crippen molar-refractivity contribution in [2.45, 2.75) is 38.4 Å². The molecule has 1 aliphatic carbocycles. The van der Waals surface area contributed by atoms with Gasteiger partial charge in [-0.1, -0.05) is 12.1 Å². The summed E-state index contributed by atoms with van der Waals surface area (Å²) in [6.45, 7) is 5.42. The van der Waals surface area contributed by atoms with Crippen LogP contribution < -0.4 is 0 Å². The third-order valence-corrected chi connectivity index (χ3v) is 5.70. The minimum absolute atomic E-state index is 0.0133. The van der Waals surface area contributed by atoms with Crippen molar-refractivity contribution in [1.29, 1.82) is 0 Å². The molecule has 0 radical (unpaired) electrons. The molecule has 0 spiro atoms. The number of nitrogens with zero attached hydrogens (tertiary/aromatic N) is 4. The van der Waals surface area contributed by atoms with Crippen LogP contribution in [0.5, 0.6) is 0 Å². The molecule has 0 saturated heterocycles. The summed E-state index contributed by atoms with van der Waals surface area (Å²) in [4.78, 5) is 18.0. The highest BCUT2D eigenvalue weighted by Crippen LogP contribution is 2.28. The lowest BCUT2D eigenvalue weighted by molar-refractivity contribution is 0.0819. The van der Waals surface area contributed by atoms with Gasteiger partial charge in [0, 0.05) is 42.8 Å². The van der Waals surface area contributed by atoms with Gasteiger partial charge in [-0.2, -0.15) is 5.10 Å². The predicted octanol–water partition coefficient (Wildman–Crippen LogP) is 2.82. The van der Waals surface area contributed by atoms with Gasteiger partial charge in [0.05, 0.1) is 6.54 Å². The second-order valence-electron chi connectivity index (χ2n) is 6.84. The Morgan fingerprint density at radius 3 is 2.92 bits per heavy atom. The van der Waals surface area contributed by atoms with Gasteiger partial charge in [0.2, 0.25) is 0 Å². The predicted molar refractivity (Wildman–Crippen MR) is 102 cm³/mol. The summed E-state index contributed by atoms with van der Waals surface area (Å²) in [7, 11) is 5.74. The first-order valence-electron chi connectivity index (χ1n) is 8.65. The van der Waals surface area contributed by atoms with Crippen LogP contribution in [0.3, 0.4) is 0 Å². The average molecular weight is 359 g/mol. The fourth-order valence-electron chi connectivity index (χ4n) is 3.48. The molecule has 2 aromatic heterocycles. The van der Waals surface area contributed by atoms with Crippen LogP contribution in [0.4, 0.5) is 0 Å². The molecule has 2 heterocycles. The molecule has 25 heavy (non-hydrogen) atoms. The van der Waals surface area contributed by atoms with Crippen molar-refractivity contribution in [3.05, 3.63) is 52.0 Å². The molecule has 2 aromatic rings. The Labute approximate surface area is 153 Å². The molecular formula is C19H26N4OS. The van der Waals surface area contributed by atoms with E-state index in [1.807, 2.05) is 10.8 Å². The van der Waals surface area contributed by atoms with E-state index in [4.69, 9.17) is 0 Å². The summed E-state index contributed by atoms with van der Waals surface area (Å²) in [5.41, 5.74) is 2.93. The van der Waals surface area contributed by atoms with Gasteiger partial charge in [-0.05, 0) is 37.8 Å². The molecule has 0 aliphatic heterocycles. The third-order valence-electron chi connectivity index (χ3n) is 4.84. The molecule has 0 aromatic carbocycles. The summed E-state index contributed by atoms with van der Waals surface area (Å²) in [5, 5.41) is 6.73. The number of amides is 1. The molecule has 0 N–H and O–H groups in total. The van der Waals surface area contributed by atoms with E-state index >= 15 is 0 Å². The largest absolute Gasteiger partial charge is 0.343 e. The summed E-state index contributed by atoms with van der Waals surface area (Å²) >= 11 is 1.79. The highest BCUT2D eigenvalue weighted by molar-refractivity contribution is 7.09. The van der Waals surface area contributed by atoms with Gasteiger partial charge in [-0.15, -0.1) is 17.9 Å². The number of carbonyl (C=O) groups is 1. The van der Waals surface area contributed by atoms with E-state index in [9.17, 15) is 4.79 Å². The van der Waals surface area contributed by atoms with Crippen molar-refractivity contribution in [3.8, 4) is 0 Å². The number of carbonyl (C=O) groups excluding carboxylic acids is 1. The van der Waals surface area contributed by atoms with Gasteiger partial charge in [0.1, 0.15) is 0 Å². The maximum absolute atomic E-state index is 12.6. The maximum Gasteiger partial charge on any atom is 0.274 e. The number of likely N-dealkylation sites (N-methyl/N-ethyl adjacent to an activating group) is 1. The molecule has 1 aliphatic rings. The zero-order valence-electron chi connectivity index (χ0n) is 15.2. The molecule has 6 heteroatoms. The molecule has 5 nitrogen and oxygen atoms in total. The van der Waals surface area contributed by atoms with Crippen LogP contribution in [-0.4, -0.2) is 52.7 Å². The van der Waals surface area contributed by atoms with E-state index in [1.165, 1.54) is 10.6 Å². The Kier molecular flexibility index (Phi) is 5.39. The second-order valence-corrected chi connectivity index (χ2v) is 7.87. The number of aromatic nitrogens is 2. The van der Waals surface area contributed by atoms with E-state index < -0.39 is 0 Å². The normalized spacial score (nSPS) is 16.7. The van der Waals surface area contributed by atoms with Crippen LogP contribution in [0.1, 0.15) is 33.0 Å². The zero-order chi connectivity index (χ0) is 18.0. The minimum Gasteiger partial charge on any atom is -0.343 e. The van der Waals surface area contributed by atoms with Crippen molar-refractivity contribution >= 4 is 17.2 Å². The Morgan fingerprint density at radius 1 is 1.48 bits per heavy atom. The summed E-state index contributed by atoms with van der Waals surface area (Å²) < 4.78 is 1.95. The van der Waals surface area contributed by atoms with Crippen LogP contribution >= 0.6 is 11.3 Å². The molecule has 1 unspecified atom stereocenters. The number of fused-ring (bicyclic) bond motifs is 1. The SMILES string of the molecule is C=CCn1nc(C(=O)N(C)C)c2c1CCC(N(C)Cc1cccs1)C2. The molecule has 1 atom stereocenters. The fraction of sp³-hybridized carbons (Fsp3) is 0.474. The van der Waals surface area contributed by atoms with Crippen molar-refractivity contribution in [1.82, 2.24) is 19.6 Å². The maximum atomic E-state index is 12.6. The lowest BCUT2D eigenvalue weighted by Gasteiger charge is -2.31. The Balaban J connectivity index is 1.85. The quantitative estimate of drug-likeness (QED) is 0.746. The van der Waals surface area contributed by atoms with Crippen molar-refractivity contribution in [2.24, 2.45) is 0 Å². The first-order valence-corrected chi connectivity index (χ1v) is 9.53. The minimum atomic E-state index is -0.0133. The Morgan fingerprint density at radius 2 is 2.28 bits per heavy atom. The highest BCUT2D eigenvalue weighted by Gasteiger charge is 2.31. The molecule has 3 rings (SSSR count). The van der Waals surface area contributed by atoms with E-state index in [0.29, 0.717) is 18.3 Å². The molecule has 134 valence electrons. The van der Waals surface area contributed by atoms with Crippen LogP contribution in [0.25, 0.3) is 0 Å². The van der Waals surface area contributed by atoms with E-state index in [2.05, 4.69) is 41.1 Å². The highest BCUT2D eigenvalue weighted by atomic mass is 32.1. The van der Waals surface area contributed by atoms with Gasteiger partial charge in [0.15, 0.2) is 5.69 Å². The van der Waals surface area contributed by atoms with Crippen LogP contribution in [0.15, 0.2) is 30.2 Å². The van der Waals surface area contributed by atoms with E-state index in [-0.39, 0.29) is 5.91 Å². The summed E-state index contributed by atoms with van der Waals surface area (Å²) in [6.07, 6.45) is 4.76. The Hall–Kier alpha value is -1.92. The number of allylic oxidation sites excluding steroid dienone is 1. The Bertz CT molecular complexity index is 748. The lowest BCUT2D eigenvalue weighted by Crippen LogP contribution is -2.36. The van der Waals surface area contributed by atoms with Crippen molar-refractivity contribution in [3.63, 3.8) is 0 Å². The average Bonchev–Trinajstić information content (AvgIpc) is 3.22. The van der Waals surface area contributed by atoms with E-state index in [0.717, 1.165) is 31.4 Å². The number of rotatable bonds is 6. The third kappa shape index (κ3) is 3.70. The standard InChI is InChI=1S/C19H26N4OS/c1-5-10-23-17-9-8-14(22(4)13-15-7-6-11-25-15)12-16(17)18(20-23)19(24)21(2)3/h5-7,11,14H,1,8-10,12-13H2,2-4H3. The van der Waals surface area contributed by atoms with Gasteiger partial charge >= 0.3 is 0 Å². The van der Waals surface area contributed by atoms with Gasteiger partial charge < -0.3 is 4.90 Å². The number of hydrogen-bond acceptors (Lipinski definition) is 4. The number of thiophene rings is 1. The first-order chi connectivity index (χ1) is 12.0. The topological polar surface area (TPSA) is 41.4 Å². The van der Waals surface area contributed by atoms with Gasteiger partial charge in [-0.25, -0.2) is 0 Å². The molecule has 0 saturated carbocycles. The van der Waals surface area contributed by atoms with Crippen molar-refractivity contribution in [2.75, 3.05) is 21.1 Å². The second kappa shape index (κ2) is 7.54. The summed E-state index contributed by atoms with van der Waals surface area (Å²) in [5.74, 6) is -0.0133. The van der Waals surface area contributed by atoms with E-state index in [1.54, 1.807) is 30.3 Å². The van der Waals surface area contributed by atoms with Crippen LogP contribution in [-0.2, 0) is 25.9 Å². The first kappa shape index (κ1) is 17.9. The van der Waals surface area contributed by atoms with Gasteiger partial charge in [-0.3, -0.25) is 14.4 Å². The summed E-state index contributed by atoms with van der Waals surface area (Å²) in [6, 6.07) is 4.71.